The molecule has 0 saturated carbocycles. The highest BCUT2D eigenvalue weighted by Gasteiger charge is 2.08. The molecule has 0 atom stereocenters. The average molecular weight is 274 g/mol. The van der Waals surface area contributed by atoms with Crippen molar-refractivity contribution in [2.75, 3.05) is 11.9 Å². The van der Waals surface area contributed by atoms with Gasteiger partial charge in [-0.3, -0.25) is 14.7 Å². The van der Waals surface area contributed by atoms with Crippen molar-refractivity contribution >= 4 is 11.4 Å². The van der Waals surface area contributed by atoms with Gasteiger partial charge in [-0.2, -0.15) is 4.98 Å². The van der Waals surface area contributed by atoms with Gasteiger partial charge in [0.25, 0.3) is 0 Å². The summed E-state index contributed by atoms with van der Waals surface area (Å²) in [5, 5.41) is 13.8. The van der Waals surface area contributed by atoms with Crippen molar-refractivity contribution in [1.82, 2.24) is 9.55 Å². The molecule has 0 saturated heterocycles. The van der Waals surface area contributed by atoms with Gasteiger partial charge in [-0.1, -0.05) is 17.7 Å². The number of rotatable bonds is 5. The number of nitrogens with one attached hydrogen (secondary N) is 1. The van der Waals surface area contributed by atoms with E-state index in [2.05, 4.69) is 10.3 Å². The Morgan fingerprint density at radius 3 is 2.70 bits per heavy atom. The predicted octanol–water partition coefficient (Wildman–Crippen LogP) is 1.57. The number of nitro groups is 1. The molecule has 2 aromatic rings. The van der Waals surface area contributed by atoms with E-state index < -0.39 is 10.6 Å². The van der Waals surface area contributed by atoms with Gasteiger partial charge in [0.05, 0.1) is 11.1 Å². The van der Waals surface area contributed by atoms with Crippen molar-refractivity contribution in [3.05, 3.63) is 62.8 Å². The topological polar surface area (TPSA) is 90.1 Å². The van der Waals surface area contributed by atoms with Crippen molar-refractivity contribution in [3.8, 4) is 0 Å². The summed E-state index contributed by atoms with van der Waals surface area (Å²) >= 11 is 0. The zero-order chi connectivity index (χ0) is 14.5. The SMILES string of the molecule is Cc1ccc(NCCn2cc([N+](=O)[O-])cnc2=O)cc1. The zero-order valence-electron chi connectivity index (χ0n) is 10.9. The van der Waals surface area contributed by atoms with Gasteiger partial charge in [0.1, 0.15) is 6.20 Å². The lowest BCUT2D eigenvalue weighted by Gasteiger charge is -2.08. The second-order valence-corrected chi connectivity index (χ2v) is 4.34. The Labute approximate surface area is 115 Å². The molecular formula is C13H14N4O3. The summed E-state index contributed by atoms with van der Waals surface area (Å²) in [5.74, 6) is 0. The summed E-state index contributed by atoms with van der Waals surface area (Å²) in [5.41, 5.74) is 1.40. The molecule has 1 aromatic carbocycles. The molecule has 20 heavy (non-hydrogen) atoms. The molecule has 7 nitrogen and oxygen atoms in total. The van der Waals surface area contributed by atoms with Crippen molar-refractivity contribution in [1.29, 1.82) is 0 Å². The van der Waals surface area contributed by atoms with Crippen LogP contribution in [-0.2, 0) is 6.54 Å². The number of benzene rings is 1. The summed E-state index contributed by atoms with van der Waals surface area (Å²) in [6, 6.07) is 7.82. The van der Waals surface area contributed by atoms with Gasteiger partial charge in [0, 0.05) is 18.8 Å². The van der Waals surface area contributed by atoms with E-state index in [4.69, 9.17) is 0 Å². The molecule has 0 spiro atoms. The van der Waals surface area contributed by atoms with Crippen molar-refractivity contribution in [3.63, 3.8) is 0 Å². The third kappa shape index (κ3) is 3.41. The summed E-state index contributed by atoms with van der Waals surface area (Å²) in [7, 11) is 0. The highest BCUT2D eigenvalue weighted by Crippen LogP contribution is 2.08. The van der Waals surface area contributed by atoms with Crippen molar-refractivity contribution < 1.29 is 4.92 Å². The van der Waals surface area contributed by atoms with Crippen LogP contribution in [0.5, 0.6) is 0 Å². The molecule has 0 bridgehead atoms. The average Bonchev–Trinajstić information content (AvgIpc) is 2.43. The molecule has 1 heterocycles. The molecular weight excluding hydrogens is 260 g/mol. The number of anilines is 1. The Morgan fingerprint density at radius 2 is 2.05 bits per heavy atom. The first-order chi connectivity index (χ1) is 9.56. The fraction of sp³-hybridized carbons (Fsp3) is 0.231. The summed E-state index contributed by atoms with van der Waals surface area (Å²) < 4.78 is 1.22. The summed E-state index contributed by atoms with van der Waals surface area (Å²) in [6.45, 7) is 2.78. The van der Waals surface area contributed by atoms with E-state index in [-0.39, 0.29) is 5.69 Å². The Balaban J connectivity index is 2.00. The van der Waals surface area contributed by atoms with Gasteiger partial charge >= 0.3 is 11.4 Å². The smallest absolute Gasteiger partial charge is 0.348 e. The third-order valence-electron chi connectivity index (χ3n) is 2.79. The third-order valence-corrected chi connectivity index (χ3v) is 2.79. The maximum Gasteiger partial charge on any atom is 0.348 e. The normalized spacial score (nSPS) is 10.2. The maximum absolute atomic E-state index is 11.5. The van der Waals surface area contributed by atoms with E-state index in [1.807, 2.05) is 31.2 Å². The number of hydrogen-bond acceptors (Lipinski definition) is 5. The van der Waals surface area contributed by atoms with Crippen LogP contribution < -0.4 is 11.0 Å². The van der Waals surface area contributed by atoms with Crippen LogP contribution >= 0.6 is 0 Å². The molecule has 7 heteroatoms. The molecule has 1 aromatic heterocycles. The number of nitrogens with zero attached hydrogens (tertiary/aromatic N) is 3. The number of hydrogen-bond donors (Lipinski definition) is 1. The van der Waals surface area contributed by atoms with E-state index in [1.165, 1.54) is 10.8 Å². The van der Waals surface area contributed by atoms with Crippen LogP contribution in [0.3, 0.4) is 0 Å². The Bertz CT molecular complexity index is 664. The second kappa shape index (κ2) is 5.96. The first-order valence-corrected chi connectivity index (χ1v) is 6.07. The molecule has 0 fully saturated rings. The van der Waals surface area contributed by atoms with Gasteiger partial charge < -0.3 is 5.32 Å². The first-order valence-electron chi connectivity index (χ1n) is 6.07. The van der Waals surface area contributed by atoms with Crippen LogP contribution in [0, 0.1) is 17.0 Å². The van der Waals surface area contributed by atoms with Crippen LogP contribution in [0.25, 0.3) is 0 Å². The molecule has 0 aliphatic heterocycles. The second-order valence-electron chi connectivity index (χ2n) is 4.34. The Morgan fingerprint density at radius 1 is 1.35 bits per heavy atom. The standard InChI is InChI=1S/C13H14N4O3/c1-10-2-4-11(5-3-10)14-6-7-16-9-12(17(19)20)8-15-13(16)18/h2-5,8-9,14H,6-7H2,1H3. The first kappa shape index (κ1) is 13.7. The minimum atomic E-state index is -0.573. The van der Waals surface area contributed by atoms with Crippen molar-refractivity contribution in [2.24, 2.45) is 0 Å². The van der Waals surface area contributed by atoms with Crippen LogP contribution in [0.1, 0.15) is 5.56 Å². The van der Waals surface area contributed by atoms with E-state index in [1.54, 1.807) is 0 Å². The molecule has 104 valence electrons. The van der Waals surface area contributed by atoms with Gasteiger partial charge in [-0.05, 0) is 19.1 Å². The van der Waals surface area contributed by atoms with Gasteiger partial charge in [0.15, 0.2) is 0 Å². The molecule has 2 rings (SSSR count). The lowest BCUT2D eigenvalue weighted by molar-refractivity contribution is -0.385. The van der Waals surface area contributed by atoms with Gasteiger partial charge in [-0.15, -0.1) is 0 Å². The largest absolute Gasteiger partial charge is 0.383 e. The maximum atomic E-state index is 11.5. The van der Waals surface area contributed by atoms with Crippen LogP contribution in [0.4, 0.5) is 11.4 Å². The predicted molar refractivity (Wildman–Crippen MR) is 74.8 cm³/mol. The highest BCUT2D eigenvalue weighted by atomic mass is 16.6. The zero-order valence-corrected chi connectivity index (χ0v) is 10.9. The molecule has 1 N–H and O–H groups in total. The molecule has 0 unspecified atom stereocenters. The van der Waals surface area contributed by atoms with Crippen LogP contribution in [-0.4, -0.2) is 21.0 Å². The molecule has 0 aliphatic carbocycles. The number of aromatic nitrogens is 2. The quantitative estimate of drug-likeness (QED) is 0.660. The summed E-state index contributed by atoms with van der Waals surface area (Å²) in [6.07, 6.45) is 2.17. The van der Waals surface area contributed by atoms with Gasteiger partial charge in [0.2, 0.25) is 0 Å². The molecule has 0 radical (unpaired) electrons. The summed E-state index contributed by atoms with van der Waals surface area (Å²) in [4.78, 5) is 25.0. The molecule has 0 aliphatic rings. The fourth-order valence-corrected chi connectivity index (χ4v) is 1.69. The highest BCUT2D eigenvalue weighted by molar-refractivity contribution is 5.44. The van der Waals surface area contributed by atoms with E-state index >= 15 is 0 Å². The molecule has 0 amide bonds. The van der Waals surface area contributed by atoms with Crippen LogP contribution in [0.2, 0.25) is 0 Å². The Kier molecular flexibility index (Phi) is 4.09. The van der Waals surface area contributed by atoms with Crippen molar-refractivity contribution in [2.45, 2.75) is 13.5 Å². The van der Waals surface area contributed by atoms with E-state index in [0.717, 1.165) is 17.4 Å². The number of aryl methyl sites for hydroxylation is 1. The minimum Gasteiger partial charge on any atom is -0.383 e. The fourth-order valence-electron chi connectivity index (χ4n) is 1.69. The van der Waals surface area contributed by atoms with E-state index in [9.17, 15) is 14.9 Å². The lowest BCUT2D eigenvalue weighted by atomic mass is 10.2. The monoisotopic (exact) mass is 274 g/mol. The lowest BCUT2D eigenvalue weighted by Crippen LogP contribution is -2.25. The van der Waals surface area contributed by atoms with E-state index in [0.29, 0.717) is 13.1 Å². The minimum absolute atomic E-state index is 0.195. The van der Waals surface area contributed by atoms with Crippen LogP contribution in [0.15, 0.2) is 41.5 Å². The van der Waals surface area contributed by atoms with Gasteiger partial charge in [-0.25, -0.2) is 4.79 Å². The Hall–Kier alpha value is -2.70.